The summed E-state index contributed by atoms with van der Waals surface area (Å²) in [7, 11) is 1.66. The van der Waals surface area contributed by atoms with E-state index in [0.29, 0.717) is 44.2 Å². The van der Waals surface area contributed by atoms with E-state index in [1.165, 1.54) is 0 Å². The minimum absolute atomic E-state index is 0.223. The first-order valence-corrected chi connectivity index (χ1v) is 7.75. The molecule has 2 aliphatic rings. The highest BCUT2D eigenvalue weighted by molar-refractivity contribution is 5.84. The Kier molecular flexibility index (Phi) is 4.35. The number of carbonyl (C=O) groups excluding carboxylic acids is 1. The first kappa shape index (κ1) is 14.7. The molecular formula is C15H22N2O4. The molecule has 1 unspecified atom stereocenters. The Balaban J connectivity index is 1.83. The van der Waals surface area contributed by atoms with Gasteiger partial charge in [-0.05, 0) is 12.8 Å². The predicted molar refractivity (Wildman–Crippen MR) is 73.9 cm³/mol. The van der Waals surface area contributed by atoms with E-state index in [9.17, 15) is 4.79 Å². The summed E-state index contributed by atoms with van der Waals surface area (Å²) in [6, 6.07) is 0. The van der Waals surface area contributed by atoms with Crippen molar-refractivity contribution in [2.24, 2.45) is 0 Å². The summed E-state index contributed by atoms with van der Waals surface area (Å²) in [6.45, 7) is 1.25. The number of ketones is 1. The number of hydrogen-bond donors (Lipinski definition) is 0. The SMILES string of the molecule is COC1(c2noc(C3CCCCCC3=O)n2)CCOCC1. The summed E-state index contributed by atoms with van der Waals surface area (Å²) < 4.78 is 16.5. The number of nitrogens with zero attached hydrogens (tertiary/aromatic N) is 2. The van der Waals surface area contributed by atoms with Crippen LogP contribution in [-0.4, -0.2) is 36.2 Å². The number of aromatic nitrogens is 2. The third kappa shape index (κ3) is 2.87. The molecular weight excluding hydrogens is 272 g/mol. The lowest BCUT2D eigenvalue weighted by Gasteiger charge is -2.32. The summed E-state index contributed by atoms with van der Waals surface area (Å²) in [4.78, 5) is 16.7. The highest BCUT2D eigenvalue weighted by Gasteiger charge is 2.40. The maximum absolute atomic E-state index is 12.2. The van der Waals surface area contributed by atoms with E-state index in [2.05, 4.69) is 10.1 Å². The molecule has 0 N–H and O–H groups in total. The normalized spacial score (nSPS) is 26.5. The van der Waals surface area contributed by atoms with Gasteiger partial charge >= 0.3 is 0 Å². The molecule has 2 fully saturated rings. The van der Waals surface area contributed by atoms with Gasteiger partial charge in [-0.15, -0.1) is 0 Å². The Morgan fingerprint density at radius 2 is 2.05 bits per heavy atom. The number of ether oxygens (including phenoxy) is 2. The van der Waals surface area contributed by atoms with Crippen LogP contribution >= 0.6 is 0 Å². The molecule has 1 saturated heterocycles. The van der Waals surface area contributed by atoms with Gasteiger partial charge in [-0.2, -0.15) is 4.98 Å². The highest BCUT2D eigenvalue weighted by Crippen LogP contribution is 2.35. The Hall–Kier alpha value is -1.27. The number of Topliss-reactive ketones (excluding diaryl/α,β-unsaturated/α-hetero) is 1. The van der Waals surface area contributed by atoms with Crippen molar-refractivity contribution in [2.75, 3.05) is 20.3 Å². The third-order valence-corrected chi connectivity index (χ3v) is 4.64. The average molecular weight is 294 g/mol. The van der Waals surface area contributed by atoms with E-state index in [1.54, 1.807) is 7.11 Å². The van der Waals surface area contributed by atoms with Gasteiger partial charge in [0.15, 0.2) is 0 Å². The molecule has 116 valence electrons. The van der Waals surface area contributed by atoms with Gasteiger partial charge < -0.3 is 14.0 Å². The molecule has 1 aliphatic carbocycles. The first-order valence-electron chi connectivity index (χ1n) is 7.75. The second-order valence-electron chi connectivity index (χ2n) is 5.89. The topological polar surface area (TPSA) is 74.5 Å². The lowest BCUT2D eigenvalue weighted by Crippen LogP contribution is -2.36. The molecule has 1 saturated carbocycles. The van der Waals surface area contributed by atoms with Crippen molar-refractivity contribution in [3.63, 3.8) is 0 Å². The van der Waals surface area contributed by atoms with Crippen molar-refractivity contribution in [2.45, 2.75) is 56.5 Å². The van der Waals surface area contributed by atoms with Gasteiger partial charge in [0.25, 0.3) is 0 Å². The van der Waals surface area contributed by atoms with Gasteiger partial charge in [0.2, 0.25) is 11.7 Å². The Bertz CT molecular complexity index is 494. The standard InChI is InChI=1S/C15H22N2O4/c1-19-15(7-9-20-10-8-15)14-16-13(21-17-14)11-5-3-2-4-6-12(11)18/h11H,2-10H2,1H3. The summed E-state index contributed by atoms with van der Waals surface area (Å²) >= 11 is 0. The maximum atomic E-state index is 12.2. The fraction of sp³-hybridized carbons (Fsp3) is 0.800. The smallest absolute Gasteiger partial charge is 0.237 e. The monoisotopic (exact) mass is 294 g/mol. The fourth-order valence-electron chi connectivity index (χ4n) is 3.20. The molecule has 2 heterocycles. The Morgan fingerprint density at radius 3 is 2.81 bits per heavy atom. The number of rotatable bonds is 3. The Labute approximate surface area is 124 Å². The molecule has 1 aromatic heterocycles. The summed E-state index contributed by atoms with van der Waals surface area (Å²) in [5.41, 5.74) is -0.534. The largest absolute Gasteiger partial charge is 0.381 e. The lowest BCUT2D eigenvalue weighted by molar-refractivity contribution is -0.120. The molecule has 6 nitrogen and oxygen atoms in total. The van der Waals surface area contributed by atoms with E-state index in [4.69, 9.17) is 14.0 Å². The Morgan fingerprint density at radius 1 is 1.24 bits per heavy atom. The summed E-state index contributed by atoms with van der Waals surface area (Å²) in [6.07, 6.45) is 5.95. The van der Waals surface area contributed by atoms with E-state index < -0.39 is 5.60 Å². The quantitative estimate of drug-likeness (QED) is 0.797. The zero-order valence-electron chi connectivity index (χ0n) is 12.5. The molecule has 1 aromatic rings. The van der Waals surface area contributed by atoms with Crippen LogP contribution in [0.15, 0.2) is 4.52 Å². The minimum atomic E-state index is -0.534. The highest BCUT2D eigenvalue weighted by atomic mass is 16.5. The van der Waals surface area contributed by atoms with Crippen LogP contribution in [0.2, 0.25) is 0 Å². The first-order chi connectivity index (χ1) is 10.2. The number of carbonyl (C=O) groups is 1. The molecule has 1 aliphatic heterocycles. The number of methoxy groups -OCH3 is 1. The number of hydrogen-bond acceptors (Lipinski definition) is 6. The van der Waals surface area contributed by atoms with Gasteiger partial charge in [0, 0.05) is 39.6 Å². The van der Waals surface area contributed by atoms with Crippen molar-refractivity contribution in [1.82, 2.24) is 10.1 Å². The zero-order valence-corrected chi connectivity index (χ0v) is 12.5. The minimum Gasteiger partial charge on any atom is -0.381 e. The maximum Gasteiger partial charge on any atom is 0.237 e. The van der Waals surface area contributed by atoms with Crippen LogP contribution in [0, 0.1) is 0 Å². The van der Waals surface area contributed by atoms with Crippen LogP contribution in [-0.2, 0) is 19.9 Å². The van der Waals surface area contributed by atoms with Crippen molar-refractivity contribution < 1.29 is 18.8 Å². The molecule has 6 heteroatoms. The zero-order chi connectivity index (χ0) is 14.7. The van der Waals surface area contributed by atoms with Gasteiger partial charge in [0.1, 0.15) is 11.4 Å². The molecule has 0 spiro atoms. The van der Waals surface area contributed by atoms with Crippen molar-refractivity contribution in [3.8, 4) is 0 Å². The predicted octanol–water partition coefficient (Wildman–Crippen LogP) is 2.34. The van der Waals surface area contributed by atoms with Gasteiger partial charge in [-0.3, -0.25) is 4.79 Å². The van der Waals surface area contributed by atoms with Gasteiger partial charge in [-0.1, -0.05) is 18.0 Å². The summed E-state index contributed by atoms with van der Waals surface area (Å²) in [5.74, 6) is 1.00. The second kappa shape index (κ2) is 6.23. The van der Waals surface area contributed by atoms with E-state index in [1.807, 2.05) is 0 Å². The van der Waals surface area contributed by atoms with Crippen molar-refractivity contribution >= 4 is 5.78 Å². The molecule has 21 heavy (non-hydrogen) atoms. The van der Waals surface area contributed by atoms with Crippen LogP contribution in [0.25, 0.3) is 0 Å². The molecule has 0 radical (unpaired) electrons. The van der Waals surface area contributed by atoms with E-state index in [-0.39, 0.29) is 11.7 Å². The summed E-state index contributed by atoms with van der Waals surface area (Å²) in [5, 5.41) is 4.10. The van der Waals surface area contributed by atoms with E-state index in [0.717, 1.165) is 25.7 Å². The van der Waals surface area contributed by atoms with Gasteiger partial charge in [0.05, 0.1) is 5.92 Å². The third-order valence-electron chi connectivity index (χ3n) is 4.64. The average Bonchev–Trinajstić information content (AvgIpc) is 2.92. The molecule has 0 bridgehead atoms. The van der Waals surface area contributed by atoms with Crippen LogP contribution in [0.4, 0.5) is 0 Å². The second-order valence-corrected chi connectivity index (χ2v) is 5.89. The van der Waals surface area contributed by atoms with Crippen molar-refractivity contribution in [1.29, 1.82) is 0 Å². The molecule has 3 rings (SSSR count). The van der Waals surface area contributed by atoms with Crippen molar-refractivity contribution in [3.05, 3.63) is 11.7 Å². The van der Waals surface area contributed by atoms with Crippen LogP contribution in [0.3, 0.4) is 0 Å². The van der Waals surface area contributed by atoms with Crippen LogP contribution in [0.5, 0.6) is 0 Å². The molecule has 0 aromatic carbocycles. The van der Waals surface area contributed by atoms with Crippen LogP contribution < -0.4 is 0 Å². The molecule has 1 atom stereocenters. The van der Waals surface area contributed by atoms with Gasteiger partial charge in [-0.25, -0.2) is 0 Å². The lowest BCUT2D eigenvalue weighted by atomic mass is 9.93. The van der Waals surface area contributed by atoms with Crippen LogP contribution in [0.1, 0.15) is 62.6 Å². The molecule has 0 amide bonds. The van der Waals surface area contributed by atoms with E-state index >= 15 is 0 Å². The fourth-order valence-corrected chi connectivity index (χ4v) is 3.20.